The van der Waals surface area contributed by atoms with E-state index in [-0.39, 0.29) is 5.92 Å². The van der Waals surface area contributed by atoms with Gasteiger partial charge in [-0.05, 0) is 42.2 Å². The molecule has 1 N–H and O–H groups in total. The summed E-state index contributed by atoms with van der Waals surface area (Å²) >= 11 is 0. The molecule has 5 heteroatoms. The van der Waals surface area contributed by atoms with Crippen LogP contribution in [-0.4, -0.2) is 11.2 Å². The Balaban J connectivity index is 1.93. The summed E-state index contributed by atoms with van der Waals surface area (Å²) in [4.78, 5) is 8.96. The van der Waals surface area contributed by atoms with Gasteiger partial charge in [0, 0.05) is 36.5 Å². The summed E-state index contributed by atoms with van der Waals surface area (Å²) < 4.78 is 5.98. The van der Waals surface area contributed by atoms with Crippen molar-refractivity contribution in [1.29, 1.82) is 5.53 Å². The van der Waals surface area contributed by atoms with Crippen LogP contribution in [0.25, 0.3) is 0 Å². The van der Waals surface area contributed by atoms with Gasteiger partial charge in [-0.1, -0.05) is 38.5 Å². The first kappa shape index (κ1) is 19.0. The molecule has 1 aliphatic heterocycles. The first-order chi connectivity index (χ1) is 13.2. The van der Waals surface area contributed by atoms with Crippen molar-refractivity contribution in [3.63, 3.8) is 0 Å². The van der Waals surface area contributed by atoms with Crippen molar-refractivity contribution in [2.75, 3.05) is 0 Å². The lowest BCUT2D eigenvalue weighted by molar-refractivity contribution is -0.0125. The largest absolute Gasteiger partial charge is 0.468 e. The van der Waals surface area contributed by atoms with Gasteiger partial charge in [-0.25, -0.2) is 5.53 Å². The lowest BCUT2D eigenvalue weighted by Gasteiger charge is -2.35. The van der Waals surface area contributed by atoms with Gasteiger partial charge in [0.2, 0.25) is 5.72 Å². The van der Waals surface area contributed by atoms with E-state index in [9.17, 15) is 0 Å². The maximum atomic E-state index is 7.80. The molecule has 0 spiro atoms. The Labute approximate surface area is 160 Å². The van der Waals surface area contributed by atoms with E-state index in [1.807, 2.05) is 36.5 Å². The highest BCUT2D eigenvalue weighted by Crippen LogP contribution is 2.41. The molecule has 2 heterocycles. The Morgan fingerprint density at radius 3 is 2.81 bits per heavy atom. The fourth-order valence-electron chi connectivity index (χ4n) is 3.44. The molecule has 0 aliphatic carbocycles. The van der Waals surface area contributed by atoms with Crippen molar-refractivity contribution in [3.05, 3.63) is 71.8 Å². The fourth-order valence-corrected chi connectivity index (χ4v) is 3.44. The molecule has 27 heavy (non-hydrogen) atoms. The van der Waals surface area contributed by atoms with E-state index in [2.05, 4.69) is 30.0 Å². The molecule has 1 aromatic heterocycles. The van der Waals surface area contributed by atoms with E-state index >= 15 is 0 Å². The molecule has 3 rings (SSSR count). The maximum Gasteiger partial charge on any atom is 0.245 e. The number of nitrogens with one attached hydrogen (secondary N) is 1. The predicted molar refractivity (Wildman–Crippen MR) is 107 cm³/mol. The second kappa shape index (κ2) is 8.71. The van der Waals surface area contributed by atoms with Crippen LogP contribution in [0.2, 0.25) is 0 Å². The number of aliphatic imine (C=N–C) groups is 1. The summed E-state index contributed by atoms with van der Waals surface area (Å²) in [7, 11) is 0. The van der Waals surface area contributed by atoms with Crippen LogP contribution in [-0.2, 0) is 16.9 Å². The summed E-state index contributed by atoms with van der Waals surface area (Å²) in [6.07, 6.45) is 10.7. The Morgan fingerprint density at radius 2 is 2.11 bits per heavy atom. The van der Waals surface area contributed by atoms with Crippen LogP contribution < -0.4 is 0 Å². The number of ether oxygens (including phenoxy) is 1. The predicted octanol–water partition coefficient (Wildman–Crippen LogP) is 5.95. The van der Waals surface area contributed by atoms with E-state index in [1.54, 1.807) is 18.7 Å². The monoisotopic (exact) mass is 362 g/mol. The van der Waals surface area contributed by atoms with Crippen LogP contribution in [0, 0.1) is 11.4 Å². The number of para-hydroxylation sites is 1. The van der Waals surface area contributed by atoms with Crippen LogP contribution in [0.15, 0.2) is 70.7 Å². The van der Waals surface area contributed by atoms with Crippen molar-refractivity contribution in [3.8, 4) is 0 Å². The van der Waals surface area contributed by atoms with Gasteiger partial charge in [0.05, 0.1) is 11.9 Å². The van der Waals surface area contributed by atoms with Crippen molar-refractivity contribution >= 4 is 11.9 Å². The molecule has 0 amide bonds. The molecule has 0 fully saturated rings. The number of nitrogens with zero attached hydrogens (tertiary/aromatic N) is 3. The van der Waals surface area contributed by atoms with Gasteiger partial charge in [0.15, 0.2) is 0 Å². The number of hydrogen-bond donors (Lipinski definition) is 1. The molecule has 140 valence electrons. The van der Waals surface area contributed by atoms with E-state index in [4.69, 9.17) is 15.3 Å². The zero-order valence-corrected chi connectivity index (χ0v) is 15.9. The summed E-state index contributed by atoms with van der Waals surface area (Å²) in [5, 5.41) is 3.86. The Hall–Kier alpha value is -2.82. The first-order valence-electron chi connectivity index (χ1n) is 9.50. The van der Waals surface area contributed by atoms with E-state index in [1.165, 1.54) is 11.1 Å². The second-order valence-corrected chi connectivity index (χ2v) is 6.77. The number of allylic oxidation sites excluding steroid dienone is 1. The summed E-state index contributed by atoms with van der Waals surface area (Å²) in [6, 6.07) is 12.0. The first-order valence-corrected chi connectivity index (χ1v) is 9.50. The Morgan fingerprint density at radius 1 is 1.26 bits per heavy atom. The molecule has 0 saturated heterocycles. The summed E-state index contributed by atoms with van der Waals surface area (Å²) in [5.41, 5.74) is 11.0. The quantitative estimate of drug-likeness (QED) is 0.488. The lowest BCUT2D eigenvalue weighted by Crippen LogP contribution is -2.33. The molecule has 2 aromatic rings. The normalized spacial score (nSPS) is 22.3. The van der Waals surface area contributed by atoms with Gasteiger partial charge in [0.25, 0.3) is 0 Å². The van der Waals surface area contributed by atoms with Gasteiger partial charge in [-0.15, -0.1) is 5.11 Å². The van der Waals surface area contributed by atoms with Gasteiger partial charge in [0.1, 0.15) is 0 Å². The topological polar surface area (TPSA) is 70.7 Å². The molecule has 0 bridgehead atoms. The third-order valence-corrected chi connectivity index (χ3v) is 4.98. The van der Waals surface area contributed by atoms with Gasteiger partial charge in [-0.2, -0.15) is 0 Å². The zero-order chi connectivity index (χ0) is 19.1. The molecule has 2 unspecified atom stereocenters. The fraction of sp³-hybridized carbons (Fsp3) is 0.364. The zero-order valence-electron chi connectivity index (χ0n) is 15.9. The molecular formula is C22H26N4O. The van der Waals surface area contributed by atoms with Crippen molar-refractivity contribution < 1.29 is 4.74 Å². The number of benzene rings is 1. The third kappa shape index (κ3) is 4.13. The van der Waals surface area contributed by atoms with Crippen LogP contribution in [0.4, 0.5) is 5.69 Å². The number of hydrogen-bond acceptors (Lipinski definition) is 5. The van der Waals surface area contributed by atoms with Crippen molar-refractivity contribution in [2.45, 2.75) is 45.3 Å². The molecule has 1 aromatic carbocycles. The van der Waals surface area contributed by atoms with Crippen LogP contribution in [0.1, 0.15) is 44.2 Å². The highest BCUT2D eigenvalue weighted by atomic mass is 16.5. The number of aryl methyl sites for hydroxylation is 1. The minimum atomic E-state index is -1.04. The van der Waals surface area contributed by atoms with Crippen LogP contribution in [0.5, 0.6) is 0 Å². The van der Waals surface area contributed by atoms with E-state index < -0.39 is 5.72 Å². The average Bonchev–Trinajstić information content (AvgIpc) is 2.74. The van der Waals surface area contributed by atoms with Crippen molar-refractivity contribution in [1.82, 2.24) is 4.98 Å². The molecule has 0 saturated carbocycles. The third-order valence-electron chi connectivity index (χ3n) is 4.98. The standard InChI is InChI=1S/C22H26N4O/c1-3-8-18-16-27-22(26-23,20-10-7-12-24-15-20)13-19(18)14-25-21-11-6-5-9-17(21)4-2/h5-7,9-12,14-16,19,23H,3-4,8,13H2,1-2H3. The minimum absolute atomic E-state index is 0.0675. The highest BCUT2D eigenvalue weighted by Gasteiger charge is 2.40. The van der Waals surface area contributed by atoms with Gasteiger partial charge >= 0.3 is 0 Å². The Kier molecular flexibility index (Phi) is 6.12. The van der Waals surface area contributed by atoms with Crippen molar-refractivity contribution in [2.24, 2.45) is 16.0 Å². The maximum absolute atomic E-state index is 7.80. The average molecular weight is 362 g/mol. The minimum Gasteiger partial charge on any atom is -0.468 e. The highest BCUT2D eigenvalue weighted by molar-refractivity contribution is 5.70. The molecule has 5 nitrogen and oxygen atoms in total. The van der Waals surface area contributed by atoms with E-state index in [0.29, 0.717) is 6.42 Å². The molecule has 1 aliphatic rings. The number of rotatable bonds is 7. The van der Waals surface area contributed by atoms with Gasteiger partial charge < -0.3 is 4.74 Å². The van der Waals surface area contributed by atoms with E-state index in [0.717, 1.165) is 30.5 Å². The molecule has 2 atom stereocenters. The summed E-state index contributed by atoms with van der Waals surface area (Å²) in [6.45, 7) is 4.29. The lowest BCUT2D eigenvalue weighted by atomic mass is 9.84. The number of pyridine rings is 1. The summed E-state index contributed by atoms with van der Waals surface area (Å²) in [5.74, 6) is 0.0675. The van der Waals surface area contributed by atoms with Crippen LogP contribution >= 0.6 is 0 Å². The smallest absolute Gasteiger partial charge is 0.245 e. The number of aromatic nitrogens is 1. The second-order valence-electron chi connectivity index (χ2n) is 6.77. The molecular weight excluding hydrogens is 336 g/mol. The van der Waals surface area contributed by atoms with Gasteiger partial charge in [-0.3, -0.25) is 9.98 Å². The molecule has 0 radical (unpaired) electrons. The Bertz CT molecular complexity index is 831. The van der Waals surface area contributed by atoms with Crippen LogP contribution in [0.3, 0.4) is 0 Å². The SMILES string of the molecule is CCCC1=COC(N=N)(c2cccnc2)CC1C=Nc1ccccc1CC.